The maximum atomic E-state index is 12.1. The van der Waals surface area contributed by atoms with Gasteiger partial charge in [-0.1, -0.05) is 36.9 Å². The Morgan fingerprint density at radius 1 is 1.33 bits per heavy atom. The van der Waals surface area contributed by atoms with Crippen molar-refractivity contribution >= 4 is 17.5 Å². The maximum absolute atomic E-state index is 12.1. The van der Waals surface area contributed by atoms with E-state index < -0.39 is 5.54 Å². The van der Waals surface area contributed by atoms with Crippen LogP contribution in [0.15, 0.2) is 24.3 Å². The number of nitrogens with one attached hydrogen (secondary N) is 1. The van der Waals surface area contributed by atoms with Gasteiger partial charge in [-0.05, 0) is 31.0 Å². The predicted octanol–water partition coefficient (Wildman–Crippen LogP) is 3.30. The number of amides is 1. The molecule has 1 aromatic carbocycles. The molecule has 2 rings (SSSR count). The van der Waals surface area contributed by atoms with Crippen LogP contribution < -0.4 is 5.32 Å². The lowest BCUT2D eigenvalue weighted by Crippen LogP contribution is -2.48. The van der Waals surface area contributed by atoms with E-state index in [-0.39, 0.29) is 5.91 Å². The van der Waals surface area contributed by atoms with Crippen molar-refractivity contribution in [3.05, 3.63) is 34.9 Å². The van der Waals surface area contributed by atoms with Crippen LogP contribution in [0.2, 0.25) is 5.02 Å². The number of halogens is 1. The molecule has 0 spiro atoms. The van der Waals surface area contributed by atoms with Crippen LogP contribution in [-0.2, 0) is 0 Å². The molecule has 0 aliphatic heterocycles. The highest BCUT2D eigenvalue weighted by atomic mass is 35.5. The van der Waals surface area contributed by atoms with Gasteiger partial charge in [0.15, 0.2) is 0 Å². The van der Waals surface area contributed by atoms with E-state index >= 15 is 0 Å². The Morgan fingerprint density at radius 2 is 2.06 bits per heavy atom. The van der Waals surface area contributed by atoms with E-state index in [1.165, 1.54) is 0 Å². The van der Waals surface area contributed by atoms with Crippen LogP contribution in [0.1, 0.15) is 42.5 Å². The van der Waals surface area contributed by atoms with Crippen LogP contribution in [0.25, 0.3) is 0 Å². The van der Waals surface area contributed by atoms with Gasteiger partial charge < -0.3 is 5.32 Å². The molecule has 0 heterocycles. The molecular weight excluding hydrogens is 248 g/mol. The van der Waals surface area contributed by atoms with Crippen molar-refractivity contribution in [3.8, 4) is 6.07 Å². The number of hydrogen-bond acceptors (Lipinski definition) is 2. The minimum atomic E-state index is -0.697. The van der Waals surface area contributed by atoms with Crippen molar-refractivity contribution in [2.45, 2.75) is 37.6 Å². The zero-order valence-electron chi connectivity index (χ0n) is 10.1. The van der Waals surface area contributed by atoms with Crippen molar-refractivity contribution in [2.24, 2.45) is 0 Å². The van der Waals surface area contributed by atoms with E-state index in [0.717, 1.165) is 32.1 Å². The first kappa shape index (κ1) is 12.9. The van der Waals surface area contributed by atoms with Gasteiger partial charge >= 0.3 is 0 Å². The third-order valence-corrected chi connectivity index (χ3v) is 3.60. The largest absolute Gasteiger partial charge is 0.334 e. The van der Waals surface area contributed by atoms with Crippen LogP contribution in [0.4, 0.5) is 0 Å². The molecule has 1 saturated carbocycles. The van der Waals surface area contributed by atoms with Crippen LogP contribution in [0.5, 0.6) is 0 Å². The lowest BCUT2D eigenvalue weighted by atomic mass is 9.82. The molecule has 1 aliphatic rings. The van der Waals surface area contributed by atoms with Crippen molar-refractivity contribution in [1.29, 1.82) is 5.26 Å². The molecule has 1 N–H and O–H groups in total. The quantitative estimate of drug-likeness (QED) is 0.889. The zero-order valence-corrected chi connectivity index (χ0v) is 10.8. The van der Waals surface area contributed by atoms with E-state index in [1.54, 1.807) is 24.3 Å². The average molecular weight is 263 g/mol. The fourth-order valence-electron chi connectivity index (χ4n) is 2.34. The summed E-state index contributed by atoms with van der Waals surface area (Å²) in [5, 5.41) is 12.7. The van der Waals surface area contributed by atoms with Gasteiger partial charge in [-0.2, -0.15) is 5.26 Å². The zero-order chi connectivity index (χ0) is 13.0. The number of carbonyl (C=O) groups is 1. The molecule has 18 heavy (non-hydrogen) atoms. The highest BCUT2D eigenvalue weighted by Gasteiger charge is 2.33. The second-order valence-electron chi connectivity index (χ2n) is 4.72. The van der Waals surface area contributed by atoms with Gasteiger partial charge in [-0.25, -0.2) is 0 Å². The number of rotatable bonds is 2. The third kappa shape index (κ3) is 2.83. The lowest BCUT2D eigenvalue weighted by molar-refractivity contribution is 0.0902. The van der Waals surface area contributed by atoms with Crippen molar-refractivity contribution in [2.75, 3.05) is 0 Å². The summed E-state index contributed by atoms with van der Waals surface area (Å²) in [7, 11) is 0. The average Bonchev–Trinajstić information content (AvgIpc) is 2.40. The summed E-state index contributed by atoms with van der Waals surface area (Å²) in [5.41, 5.74) is -0.194. The van der Waals surface area contributed by atoms with Crippen LogP contribution in [-0.4, -0.2) is 11.4 Å². The second-order valence-corrected chi connectivity index (χ2v) is 5.16. The minimum Gasteiger partial charge on any atom is -0.334 e. The summed E-state index contributed by atoms with van der Waals surface area (Å²) >= 11 is 5.86. The van der Waals surface area contributed by atoms with Gasteiger partial charge in [0, 0.05) is 10.6 Å². The van der Waals surface area contributed by atoms with Gasteiger partial charge in [0.05, 0.1) is 6.07 Å². The SMILES string of the molecule is N#CC1(NC(=O)c2cccc(Cl)c2)CCCCC1. The van der Waals surface area contributed by atoms with Crippen molar-refractivity contribution < 1.29 is 4.79 Å². The first-order chi connectivity index (χ1) is 8.65. The summed E-state index contributed by atoms with van der Waals surface area (Å²) in [6.07, 6.45) is 4.58. The van der Waals surface area contributed by atoms with Crippen LogP contribution in [0.3, 0.4) is 0 Å². The monoisotopic (exact) mass is 262 g/mol. The van der Waals surface area contributed by atoms with Gasteiger partial charge in [-0.15, -0.1) is 0 Å². The summed E-state index contributed by atoms with van der Waals surface area (Å²) in [5.74, 6) is -0.221. The molecular formula is C14H15ClN2O. The van der Waals surface area contributed by atoms with Gasteiger partial charge in [0.25, 0.3) is 5.91 Å². The molecule has 3 nitrogen and oxygen atoms in total. The van der Waals surface area contributed by atoms with Crippen LogP contribution in [0, 0.1) is 11.3 Å². The fraction of sp³-hybridized carbons (Fsp3) is 0.429. The van der Waals surface area contributed by atoms with Crippen molar-refractivity contribution in [3.63, 3.8) is 0 Å². The third-order valence-electron chi connectivity index (χ3n) is 3.36. The number of carbonyl (C=O) groups excluding carboxylic acids is 1. The molecule has 1 fully saturated rings. The number of hydrogen-bond donors (Lipinski definition) is 1. The van der Waals surface area contributed by atoms with E-state index in [9.17, 15) is 10.1 Å². The molecule has 1 aliphatic carbocycles. The number of nitrogens with zero attached hydrogens (tertiary/aromatic N) is 1. The molecule has 1 amide bonds. The molecule has 1 aromatic rings. The predicted molar refractivity (Wildman–Crippen MR) is 70.3 cm³/mol. The summed E-state index contributed by atoms with van der Waals surface area (Å²) in [6, 6.07) is 9.04. The lowest BCUT2D eigenvalue weighted by Gasteiger charge is -2.31. The number of nitriles is 1. The van der Waals surface area contributed by atoms with E-state index in [4.69, 9.17) is 11.6 Å². The summed E-state index contributed by atoms with van der Waals surface area (Å²) < 4.78 is 0. The Morgan fingerprint density at radius 3 is 2.67 bits per heavy atom. The Labute approximate surface area is 112 Å². The fourth-order valence-corrected chi connectivity index (χ4v) is 2.53. The smallest absolute Gasteiger partial charge is 0.252 e. The highest BCUT2D eigenvalue weighted by molar-refractivity contribution is 6.30. The molecule has 94 valence electrons. The van der Waals surface area contributed by atoms with E-state index in [2.05, 4.69) is 11.4 Å². The molecule has 0 atom stereocenters. The highest BCUT2D eigenvalue weighted by Crippen LogP contribution is 2.28. The van der Waals surface area contributed by atoms with E-state index in [0.29, 0.717) is 10.6 Å². The Hall–Kier alpha value is -1.53. The Balaban J connectivity index is 2.13. The normalized spacial score (nSPS) is 17.8. The topological polar surface area (TPSA) is 52.9 Å². The standard InChI is InChI=1S/C14H15ClN2O/c15-12-6-4-5-11(9-12)13(18)17-14(10-16)7-2-1-3-8-14/h4-6,9H,1-3,7-8H2,(H,17,18). The maximum Gasteiger partial charge on any atom is 0.252 e. The van der Waals surface area contributed by atoms with Gasteiger partial charge in [0.1, 0.15) is 5.54 Å². The van der Waals surface area contributed by atoms with Crippen molar-refractivity contribution in [1.82, 2.24) is 5.32 Å². The Bertz CT molecular complexity index is 487. The van der Waals surface area contributed by atoms with Gasteiger partial charge in [0.2, 0.25) is 0 Å². The first-order valence-corrected chi connectivity index (χ1v) is 6.52. The molecule has 0 aromatic heterocycles. The minimum absolute atomic E-state index is 0.221. The first-order valence-electron chi connectivity index (χ1n) is 6.15. The Kier molecular flexibility index (Phi) is 3.88. The molecule has 4 heteroatoms. The molecule has 0 radical (unpaired) electrons. The second kappa shape index (κ2) is 5.41. The molecule has 0 bridgehead atoms. The summed E-state index contributed by atoms with van der Waals surface area (Å²) in [6.45, 7) is 0. The summed E-state index contributed by atoms with van der Waals surface area (Å²) in [4.78, 5) is 12.1. The van der Waals surface area contributed by atoms with E-state index in [1.807, 2.05) is 0 Å². The number of benzene rings is 1. The molecule has 0 unspecified atom stereocenters. The van der Waals surface area contributed by atoms with Gasteiger partial charge in [-0.3, -0.25) is 4.79 Å². The van der Waals surface area contributed by atoms with Crippen LogP contribution >= 0.6 is 11.6 Å². The molecule has 0 saturated heterocycles.